The minimum atomic E-state index is -4.66. The van der Waals surface area contributed by atoms with Crippen LogP contribution in [0.3, 0.4) is 0 Å². The first kappa shape index (κ1) is 25.9. The van der Waals surface area contributed by atoms with E-state index in [2.05, 4.69) is 22.3 Å². The van der Waals surface area contributed by atoms with Gasteiger partial charge in [-0.15, -0.1) is 0 Å². The molecule has 0 saturated heterocycles. The summed E-state index contributed by atoms with van der Waals surface area (Å²) in [5.41, 5.74) is 0.786. The fourth-order valence-electron chi connectivity index (χ4n) is 6.09. The molecule has 1 atom stereocenters. The van der Waals surface area contributed by atoms with Crippen LogP contribution in [0.25, 0.3) is 10.9 Å². The van der Waals surface area contributed by atoms with Gasteiger partial charge in [0.1, 0.15) is 17.5 Å². The van der Waals surface area contributed by atoms with Crippen molar-refractivity contribution in [3.8, 4) is 0 Å². The number of aromatic nitrogens is 2. The molecule has 37 heavy (non-hydrogen) atoms. The van der Waals surface area contributed by atoms with E-state index in [1.54, 1.807) is 0 Å². The predicted molar refractivity (Wildman–Crippen MR) is 138 cm³/mol. The fraction of sp³-hybridized carbons (Fsp3) is 0.517. The summed E-state index contributed by atoms with van der Waals surface area (Å²) in [4.78, 5) is 11.7. The maximum atomic E-state index is 13.8. The SMILES string of the molecule is CN(C)c1nc(CC[C@@H]2CC23CCC(CNCc2ccc(C(F)(F)F)c(F)c2)CC3)nc2ccccc12. The quantitative estimate of drug-likeness (QED) is 0.337. The van der Waals surface area contributed by atoms with Crippen LogP contribution in [0, 0.1) is 23.1 Å². The van der Waals surface area contributed by atoms with Gasteiger partial charge in [-0.05, 0) is 92.1 Å². The molecule has 2 aliphatic rings. The first-order valence-corrected chi connectivity index (χ1v) is 13.1. The van der Waals surface area contributed by atoms with Crippen molar-refractivity contribution in [2.75, 3.05) is 25.5 Å². The van der Waals surface area contributed by atoms with Crippen LogP contribution in [-0.2, 0) is 19.1 Å². The number of halogens is 4. The molecule has 1 spiro atoms. The van der Waals surface area contributed by atoms with Gasteiger partial charge in [-0.3, -0.25) is 0 Å². The van der Waals surface area contributed by atoms with Crippen LogP contribution in [0.5, 0.6) is 0 Å². The Morgan fingerprint density at radius 3 is 2.51 bits per heavy atom. The third kappa shape index (κ3) is 5.74. The number of rotatable bonds is 8. The highest BCUT2D eigenvalue weighted by molar-refractivity contribution is 5.89. The molecule has 2 fully saturated rings. The molecular formula is C29H34F4N4. The molecule has 198 valence electrons. The van der Waals surface area contributed by atoms with Crippen LogP contribution in [0.2, 0.25) is 0 Å². The van der Waals surface area contributed by atoms with Crippen LogP contribution in [0.4, 0.5) is 23.4 Å². The molecule has 0 aliphatic heterocycles. The van der Waals surface area contributed by atoms with E-state index in [1.807, 2.05) is 26.2 Å². The van der Waals surface area contributed by atoms with Gasteiger partial charge >= 0.3 is 6.18 Å². The first-order valence-electron chi connectivity index (χ1n) is 13.1. The van der Waals surface area contributed by atoms with Crippen molar-refractivity contribution in [1.82, 2.24) is 15.3 Å². The largest absolute Gasteiger partial charge is 0.419 e. The van der Waals surface area contributed by atoms with Gasteiger partial charge in [-0.1, -0.05) is 18.2 Å². The number of fused-ring (bicyclic) bond motifs is 1. The molecule has 1 N–H and O–H groups in total. The number of alkyl halides is 3. The lowest BCUT2D eigenvalue weighted by Gasteiger charge is -2.30. The molecule has 0 radical (unpaired) electrons. The zero-order valence-corrected chi connectivity index (χ0v) is 21.4. The third-order valence-corrected chi connectivity index (χ3v) is 8.33. The molecule has 2 aliphatic carbocycles. The summed E-state index contributed by atoms with van der Waals surface area (Å²) in [6.07, 6.45) is 3.39. The van der Waals surface area contributed by atoms with Gasteiger partial charge in [0.05, 0.1) is 11.1 Å². The smallest absolute Gasteiger partial charge is 0.362 e. The van der Waals surface area contributed by atoms with Crippen LogP contribution in [0.1, 0.15) is 55.5 Å². The molecule has 1 aromatic heterocycles. The highest BCUT2D eigenvalue weighted by Gasteiger charge is 2.53. The van der Waals surface area contributed by atoms with Crippen LogP contribution < -0.4 is 10.2 Å². The molecular weight excluding hydrogens is 480 g/mol. The van der Waals surface area contributed by atoms with E-state index in [1.165, 1.54) is 25.3 Å². The minimum Gasteiger partial charge on any atom is -0.362 e. The van der Waals surface area contributed by atoms with E-state index in [4.69, 9.17) is 9.97 Å². The van der Waals surface area contributed by atoms with Crippen molar-refractivity contribution in [2.24, 2.45) is 17.3 Å². The van der Waals surface area contributed by atoms with E-state index in [0.717, 1.165) is 72.8 Å². The van der Waals surface area contributed by atoms with E-state index in [0.29, 0.717) is 23.4 Å². The Morgan fingerprint density at radius 2 is 1.81 bits per heavy atom. The number of anilines is 1. The molecule has 2 aromatic carbocycles. The number of hydrogen-bond donors (Lipinski definition) is 1. The Bertz CT molecular complexity index is 1250. The monoisotopic (exact) mass is 514 g/mol. The van der Waals surface area contributed by atoms with Crippen LogP contribution in [-0.4, -0.2) is 30.6 Å². The van der Waals surface area contributed by atoms with Crippen LogP contribution in [0.15, 0.2) is 42.5 Å². The minimum absolute atomic E-state index is 0.375. The molecule has 0 amide bonds. The number of nitrogens with zero attached hydrogens (tertiary/aromatic N) is 3. The maximum absolute atomic E-state index is 13.8. The van der Waals surface area contributed by atoms with Gasteiger partial charge in [0, 0.05) is 32.4 Å². The summed E-state index contributed by atoms with van der Waals surface area (Å²) in [7, 11) is 4.03. The zero-order valence-electron chi connectivity index (χ0n) is 21.4. The number of hydrogen-bond acceptors (Lipinski definition) is 4. The summed E-state index contributed by atoms with van der Waals surface area (Å²) in [5, 5.41) is 4.40. The summed E-state index contributed by atoms with van der Waals surface area (Å²) in [6.45, 7) is 1.18. The summed E-state index contributed by atoms with van der Waals surface area (Å²) in [6, 6.07) is 11.3. The predicted octanol–water partition coefficient (Wildman–Crippen LogP) is 6.77. The van der Waals surface area contributed by atoms with Gasteiger partial charge in [0.2, 0.25) is 0 Å². The number of aryl methyl sites for hydroxylation is 1. The van der Waals surface area contributed by atoms with E-state index < -0.39 is 17.6 Å². The highest BCUT2D eigenvalue weighted by Crippen LogP contribution is 2.63. The normalized spacial score (nSPS) is 23.5. The molecule has 0 bridgehead atoms. The first-order chi connectivity index (χ1) is 17.6. The summed E-state index contributed by atoms with van der Waals surface area (Å²) >= 11 is 0. The molecule has 5 rings (SSSR count). The van der Waals surface area contributed by atoms with E-state index in [-0.39, 0.29) is 0 Å². The molecule has 3 aromatic rings. The zero-order chi connectivity index (χ0) is 26.2. The van der Waals surface area contributed by atoms with Gasteiger partial charge in [0.25, 0.3) is 0 Å². The lowest BCUT2D eigenvalue weighted by molar-refractivity contribution is -0.140. The molecule has 8 heteroatoms. The van der Waals surface area contributed by atoms with Crippen molar-refractivity contribution >= 4 is 16.7 Å². The Hall–Kier alpha value is -2.74. The summed E-state index contributed by atoms with van der Waals surface area (Å²) in [5.74, 6) is 1.96. The average Bonchev–Trinajstić information content (AvgIpc) is 3.54. The van der Waals surface area contributed by atoms with Gasteiger partial charge in [-0.25, -0.2) is 14.4 Å². The van der Waals surface area contributed by atoms with Crippen molar-refractivity contribution in [2.45, 2.75) is 57.7 Å². The fourth-order valence-corrected chi connectivity index (χ4v) is 6.09. The standard InChI is InChI=1S/C29H34F4N4/c1-37(2)27-22-5-3-4-6-25(22)35-26(36-27)10-8-21-16-28(21)13-11-19(12-14-28)17-34-18-20-7-9-23(24(30)15-20)29(31,32)33/h3-7,9,15,19,21,34H,8,10-14,16-18H2,1-2H3/t19?,21-,28?/m1/s1. The molecule has 2 saturated carbocycles. The number of benzene rings is 2. The molecule has 1 heterocycles. The van der Waals surface area contributed by atoms with E-state index >= 15 is 0 Å². The summed E-state index contributed by atoms with van der Waals surface area (Å²) < 4.78 is 52.0. The Kier molecular flexibility index (Phi) is 7.14. The Labute approximate surface area is 215 Å². The second-order valence-corrected chi connectivity index (χ2v) is 11.1. The van der Waals surface area contributed by atoms with Crippen molar-refractivity contribution in [3.63, 3.8) is 0 Å². The third-order valence-electron chi connectivity index (χ3n) is 8.33. The van der Waals surface area contributed by atoms with E-state index in [9.17, 15) is 17.6 Å². The van der Waals surface area contributed by atoms with Crippen molar-refractivity contribution < 1.29 is 17.6 Å². The lowest BCUT2D eigenvalue weighted by atomic mass is 9.78. The topological polar surface area (TPSA) is 41.1 Å². The number of para-hydroxylation sites is 1. The Balaban J connectivity index is 1.08. The molecule has 4 nitrogen and oxygen atoms in total. The van der Waals surface area contributed by atoms with Gasteiger partial charge in [-0.2, -0.15) is 13.2 Å². The van der Waals surface area contributed by atoms with Gasteiger partial charge in [0.15, 0.2) is 0 Å². The van der Waals surface area contributed by atoms with Crippen LogP contribution >= 0.6 is 0 Å². The second-order valence-electron chi connectivity index (χ2n) is 11.1. The average molecular weight is 515 g/mol. The lowest BCUT2D eigenvalue weighted by Crippen LogP contribution is -2.27. The van der Waals surface area contributed by atoms with Gasteiger partial charge < -0.3 is 10.2 Å². The number of nitrogens with one attached hydrogen (secondary N) is 1. The molecule has 0 unspecified atom stereocenters. The maximum Gasteiger partial charge on any atom is 0.419 e. The van der Waals surface area contributed by atoms with Crippen molar-refractivity contribution in [1.29, 1.82) is 0 Å². The second kappa shape index (κ2) is 10.2. The van der Waals surface area contributed by atoms with Crippen molar-refractivity contribution in [3.05, 3.63) is 65.2 Å². The highest BCUT2D eigenvalue weighted by atomic mass is 19.4. The Morgan fingerprint density at radius 1 is 1.05 bits per heavy atom.